The lowest BCUT2D eigenvalue weighted by atomic mass is 10.1. The molecular formula is C23H21ClN2O2S. The van der Waals surface area contributed by atoms with Crippen LogP contribution in [0.25, 0.3) is 17.0 Å². The lowest BCUT2D eigenvalue weighted by molar-refractivity contribution is -0.122. The molecule has 1 aromatic heterocycles. The van der Waals surface area contributed by atoms with Gasteiger partial charge in [-0.1, -0.05) is 48.9 Å². The van der Waals surface area contributed by atoms with Crippen LogP contribution in [0.4, 0.5) is 4.79 Å². The first-order valence-electron chi connectivity index (χ1n) is 9.57. The minimum absolute atomic E-state index is 0.189. The molecule has 0 N–H and O–H groups in total. The number of aromatic nitrogens is 1. The first-order valence-corrected chi connectivity index (χ1v) is 10.8. The largest absolute Gasteiger partial charge is 0.340 e. The van der Waals surface area contributed by atoms with Crippen molar-refractivity contribution in [2.75, 3.05) is 6.54 Å². The fourth-order valence-corrected chi connectivity index (χ4v) is 4.64. The Morgan fingerprint density at radius 2 is 1.79 bits per heavy atom. The van der Waals surface area contributed by atoms with Gasteiger partial charge in [0.05, 0.1) is 4.91 Å². The number of benzene rings is 2. The van der Waals surface area contributed by atoms with E-state index in [-0.39, 0.29) is 11.1 Å². The number of carbonyl (C=O) groups is 2. The molecule has 0 unspecified atom stereocenters. The van der Waals surface area contributed by atoms with Crippen LogP contribution in [-0.2, 0) is 11.3 Å². The van der Waals surface area contributed by atoms with Crippen molar-refractivity contribution in [1.82, 2.24) is 9.47 Å². The molecule has 148 valence electrons. The lowest BCUT2D eigenvalue weighted by Crippen LogP contribution is -2.28. The number of rotatable bonds is 5. The number of halogens is 1. The smallest absolute Gasteiger partial charge is 0.293 e. The van der Waals surface area contributed by atoms with Gasteiger partial charge in [-0.05, 0) is 54.9 Å². The normalized spacial score (nSPS) is 15.8. The first kappa shape index (κ1) is 19.8. The molecule has 1 aliphatic heterocycles. The zero-order valence-electron chi connectivity index (χ0n) is 16.3. The maximum Gasteiger partial charge on any atom is 0.293 e. The van der Waals surface area contributed by atoms with E-state index in [4.69, 9.17) is 11.6 Å². The Kier molecular flexibility index (Phi) is 5.52. The Bertz CT molecular complexity index is 1130. The summed E-state index contributed by atoms with van der Waals surface area (Å²) in [7, 11) is 0. The summed E-state index contributed by atoms with van der Waals surface area (Å²) in [6.07, 6.45) is 2.63. The van der Waals surface area contributed by atoms with Crippen LogP contribution in [0.5, 0.6) is 0 Å². The molecule has 1 fully saturated rings. The highest BCUT2D eigenvalue weighted by Crippen LogP contribution is 2.35. The predicted molar refractivity (Wildman–Crippen MR) is 120 cm³/mol. The topological polar surface area (TPSA) is 42.3 Å². The highest BCUT2D eigenvalue weighted by Gasteiger charge is 2.34. The lowest BCUT2D eigenvalue weighted by Gasteiger charge is -2.10. The molecule has 0 spiro atoms. The summed E-state index contributed by atoms with van der Waals surface area (Å²) in [6.45, 7) is 5.17. The van der Waals surface area contributed by atoms with Gasteiger partial charge < -0.3 is 4.57 Å². The second kappa shape index (κ2) is 8.09. The third-order valence-electron chi connectivity index (χ3n) is 5.13. The fourth-order valence-electron chi connectivity index (χ4n) is 3.66. The number of hydrogen-bond donors (Lipinski definition) is 0. The standard InChI is InChI=1S/C23H21ClN2O2S/c1-3-12-25-22(27)21(29-23(25)28)13-19-15(2)26(20-7-5-4-6-18(19)20)14-16-8-10-17(24)11-9-16/h4-11,13H,3,12,14H2,1-2H3/b21-13+. The van der Waals surface area contributed by atoms with Gasteiger partial charge in [0.1, 0.15) is 0 Å². The molecule has 0 bridgehead atoms. The number of fused-ring (bicyclic) bond motifs is 1. The number of carbonyl (C=O) groups excluding carboxylic acids is 2. The van der Waals surface area contributed by atoms with E-state index in [1.807, 2.05) is 49.4 Å². The molecule has 0 saturated carbocycles. The molecule has 6 heteroatoms. The van der Waals surface area contributed by atoms with Crippen molar-refractivity contribution in [1.29, 1.82) is 0 Å². The minimum Gasteiger partial charge on any atom is -0.340 e. The Labute approximate surface area is 179 Å². The SMILES string of the molecule is CCCN1C(=O)S/C(=C/c2c(C)n(Cc3ccc(Cl)cc3)c3ccccc23)C1=O. The molecule has 2 amide bonds. The van der Waals surface area contributed by atoms with E-state index >= 15 is 0 Å². The molecule has 2 heterocycles. The quantitative estimate of drug-likeness (QED) is 0.465. The van der Waals surface area contributed by atoms with Crippen LogP contribution in [0.2, 0.25) is 5.02 Å². The number of para-hydroxylation sites is 1. The van der Waals surface area contributed by atoms with Crippen molar-refractivity contribution in [3.63, 3.8) is 0 Å². The van der Waals surface area contributed by atoms with E-state index < -0.39 is 0 Å². The van der Waals surface area contributed by atoms with Crippen molar-refractivity contribution < 1.29 is 9.59 Å². The van der Waals surface area contributed by atoms with Gasteiger partial charge in [0.25, 0.3) is 11.1 Å². The Hall–Kier alpha value is -2.50. The van der Waals surface area contributed by atoms with E-state index in [0.29, 0.717) is 23.0 Å². The van der Waals surface area contributed by atoms with Gasteiger partial charge in [0, 0.05) is 40.3 Å². The highest BCUT2D eigenvalue weighted by atomic mass is 35.5. The van der Waals surface area contributed by atoms with Crippen LogP contribution in [0, 0.1) is 6.92 Å². The maximum absolute atomic E-state index is 12.7. The van der Waals surface area contributed by atoms with Gasteiger partial charge in [0.15, 0.2) is 0 Å². The molecule has 1 saturated heterocycles. The van der Waals surface area contributed by atoms with Crippen LogP contribution in [-0.4, -0.2) is 27.2 Å². The van der Waals surface area contributed by atoms with Crippen LogP contribution in [0.1, 0.15) is 30.2 Å². The van der Waals surface area contributed by atoms with E-state index in [0.717, 1.165) is 45.9 Å². The van der Waals surface area contributed by atoms with Crippen LogP contribution in [0.3, 0.4) is 0 Å². The molecule has 0 aliphatic carbocycles. The monoisotopic (exact) mass is 424 g/mol. The average molecular weight is 425 g/mol. The second-order valence-electron chi connectivity index (χ2n) is 7.06. The van der Waals surface area contributed by atoms with E-state index in [2.05, 4.69) is 23.6 Å². The zero-order valence-corrected chi connectivity index (χ0v) is 17.9. The highest BCUT2D eigenvalue weighted by molar-refractivity contribution is 8.18. The fraction of sp³-hybridized carbons (Fsp3) is 0.217. The average Bonchev–Trinajstić information content (AvgIpc) is 3.13. The van der Waals surface area contributed by atoms with Crippen molar-refractivity contribution in [2.24, 2.45) is 0 Å². The summed E-state index contributed by atoms with van der Waals surface area (Å²) in [4.78, 5) is 26.7. The van der Waals surface area contributed by atoms with E-state index in [9.17, 15) is 9.59 Å². The Morgan fingerprint density at radius 1 is 1.07 bits per heavy atom. The van der Waals surface area contributed by atoms with Crippen LogP contribution in [0.15, 0.2) is 53.4 Å². The molecule has 0 radical (unpaired) electrons. The van der Waals surface area contributed by atoms with E-state index in [1.165, 1.54) is 4.90 Å². The van der Waals surface area contributed by atoms with Gasteiger partial charge in [-0.2, -0.15) is 0 Å². The van der Waals surface area contributed by atoms with Gasteiger partial charge in [-0.3, -0.25) is 14.5 Å². The van der Waals surface area contributed by atoms with Gasteiger partial charge in [-0.15, -0.1) is 0 Å². The number of hydrogen-bond acceptors (Lipinski definition) is 3. The van der Waals surface area contributed by atoms with Crippen molar-refractivity contribution in [3.05, 3.63) is 75.3 Å². The second-order valence-corrected chi connectivity index (χ2v) is 8.49. The third kappa shape index (κ3) is 3.72. The summed E-state index contributed by atoms with van der Waals surface area (Å²) in [5.74, 6) is -0.198. The first-order chi connectivity index (χ1) is 14.0. The predicted octanol–water partition coefficient (Wildman–Crippen LogP) is 6.10. The number of thioether (sulfide) groups is 1. The molecule has 29 heavy (non-hydrogen) atoms. The van der Waals surface area contributed by atoms with Gasteiger partial charge in [-0.25, -0.2) is 0 Å². The number of imide groups is 1. The summed E-state index contributed by atoms with van der Waals surface area (Å²) in [5.41, 5.74) is 4.28. The number of amides is 2. The third-order valence-corrected chi connectivity index (χ3v) is 6.29. The summed E-state index contributed by atoms with van der Waals surface area (Å²) < 4.78 is 2.24. The molecular weight excluding hydrogens is 404 g/mol. The minimum atomic E-state index is -0.198. The van der Waals surface area contributed by atoms with Crippen LogP contribution >= 0.6 is 23.4 Å². The molecule has 1 aliphatic rings. The van der Waals surface area contributed by atoms with Crippen molar-refractivity contribution in [2.45, 2.75) is 26.8 Å². The van der Waals surface area contributed by atoms with Gasteiger partial charge >= 0.3 is 0 Å². The summed E-state index contributed by atoms with van der Waals surface area (Å²) in [6, 6.07) is 16.0. The zero-order chi connectivity index (χ0) is 20.5. The summed E-state index contributed by atoms with van der Waals surface area (Å²) in [5, 5.41) is 1.60. The molecule has 4 rings (SSSR count). The Balaban J connectivity index is 1.78. The maximum atomic E-state index is 12.7. The molecule has 3 aromatic rings. The molecule has 2 aromatic carbocycles. The molecule has 4 nitrogen and oxygen atoms in total. The molecule has 0 atom stereocenters. The van der Waals surface area contributed by atoms with Crippen molar-refractivity contribution >= 4 is 51.5 Å². The van der Waals surface area contributed by atoms with Gasteiger partial charge in [0.2, 0.25) is 0 Å². The summed E-state index contributed by atoms with van der Waals surface area (Å²) >= 11 is 7.04. The Morgan fingerprint density at radius 3 is 2.52 bits per heavy atom. The van der Waals surface area contributed by atoms with Crippen molar-refractivity contribution in [3.8, 4) is 0 Å². The number of nitrogens with zero attached hydrogens (tertiary/aromatic N) is 2. The van der Waals surface area contributed by atoms with E-state index in [1.54, 1.807) is 0 Å². The van der Waals surface area contributed by atoms with Crippen LogP contribution < -0.4 is 0 Å².